The molecule has 1 unspecified atom stereocenters. The molecule has 10 heteroatoms. The summed E-state index contributed by atoms with van der Waals surface area (Å²) in [5.41, 5.74) is 4.76. The van der Waals surface area contributed by atoms with E-state index in [-0.39, 0.29) is 17.9 Å². The van der Waals surface area contributed by atoms with Gasteiger partial charge in [0.25, 0.3) is 5.91 Å². The number of carbonyl (C=O) groups excluding carboxylic acids is 3. The number of hydrogen-bond donors (Lipinski definition) is 1. The van der Waals surface area contributed by atoms with Gasteiger partial charge in [-0.25, -0.2) is 4.79 Å². The zero-order valence-corrected chi connectivity index (χ0v) is 23.8. The van der Waals surface area contributed by atoms with Gasteiger partial charge in [0.05, 0.1) is 18.0 Å². The third kappa shape index (κ3) is 6.80. The first-order valence-electron chi connectivity index (χ1n) is 13.5. The van der Waals surface area contributed by atoms with E-state index in [0.717, 1.165) is 16.9 Å². The lowest BCUT2D eigenvalue weighted by molar-refractivity contribution is -0.136. The molecule has 10 nitrogen and oxygen atoms in total. The first-order chi connectivity index (χ1) is 19.2. The van der Waals surface area contributed by atoms with Crippen LogP contribution >= 0.6 is 0 Å². The van der Waals surface area contributed by atoms with Crippen LogP contribution in [0.25, 0.3) is 0 Å². The van der Waals surface area contributed by atoms with Gasteiger partial charge in [-0.3, -0.25) is 14.3 Å². The molecule has 40 heavy (non-hydrogen) atoms. The van der Waals surface area contributed by atoms with E-state index in [4.69, 9.17) is 9.47 Å². The van der Waals surface area contributed by atoms with Crippen molar-refractivity contribution < 1.29 is 23.9 Å². The Kier molecular flexibility index (Phi) is 9.08. The number of rotatable bonds is 8. The molecule has 1 fully saturated rings. The fourth-order valence-electron chi connectivity index (χ4n) is 4.62. The second-order valence-corrected chi connectivity index (χ2v) is 10.0. The zero-order chi connectivity index (χ0) is 28.8. The molecule has 0 aliphatic carbocycles. The molecule has 1 aliphatic heterocycles. The molecule has 0 radical (unpaired) electrons. The highest BCUT2D eigenvalue weighted by atomic mass is 16.6. The summed E-state index contributed by atoms with van der Waals surface area (Å²) >= 11 is 0. The highest BCUT2D eigenvalue weighted by molar-refractivity contribution is 6.04. The predicted octanol–water partition coefficient (Wildman–Crippen LogP) is 4.50. The van der Waals surface area contributed by atoms with Gasteiger partial charge in [-0.1, -0.05) is 29.8 Å². The second-order valence-electron chi connectivity index (χ2n) is 10.0. The Morgan fingerprint density at radius 3 is 2.42 bits per heavy atom. The van der Waals surface area contributed by atoms with Gasteiger partial charge in [0, 0.05) is 37.9 Å². The van der Waals surface area contributed by atoms with E-state index in [2.05, 4.69) is 16.5 Å². The summed E-state index contributed by atoms with van der Waals surface area (Å²) < 4.78 is 12.6. The van der Waals surface area contributed by atoms with Gasteiger partial charge in [-0.15, -0.1) is 0 Å². The van der Waals surface area contributed by atoms with Gasteiger partial charge in [0.2, 0.25) is 5.91 Å². The summed E-state index contributed by atoms with van der Waals surface area (Å²) in [7, 11) is 0. The largest absolute Gasteiger partial charge is 0.489 e. The predicted molar refractivity (Wildman–Crippen MR) is 151 cm³/mol. The molecule has 4 rings (SSSR count). The number of aromatic nitrogens is 2. The lowest BCUT2D eigenvalue weighted by Crippen LogP contribution is -2.52. The molecule has 0 saturated carbocycles. The maximum atomic E-state index is 13.1. The van der Waals surface area contributed by atoms with Gasteiger partial charge in [0.1, 0.15) is 18.4 Å². The summed E-state index contributed by atoms with van der Waals surface area (Å²) in [5.74, 6) is 0.443. The summed E-state index contributed by atoms with van der Waals surface area (Å²) in [5, 5.41) is 7.41. The van der Waals surface area contributed by atoms with E-state index < -0.39 is 6.04 Å². The quantitative estimate of drug-likeness (QED) is 0.445. The molecule has 3 amide bonds. The zero-order valence-electron chi connectivity index (χ0n) is 23.8. The van der Waals surface area contributed by atoms with E-state index in [1.165, 1.54) is 5.56 Å². The van der Waals surface area contributed by atoms with Gasteiger partial charge >= 0.3 is 6.09 Å². The Morgan fingerprint density at radius 2 is 1.73 bits per heavy atom. The highest BCUT2D eigenvalue weighted by Gasteiger charge is 2.29. The Balaban J connectivity index is 1.35. The van der Waals surface area contributed by atoms with Crippen molar-refractivity contribution in [1.82, 2.24) is 19.6 Å². The van der Waals surface area contributed by atoms with Crippen LogP contribution in [0.3, 0.4) is 0 Å². The summed E-state index contributed by atoms with van der Waals surface area (Å²) in [6.07, 6.45) is 1.32. The Morgan fingerprint density at radius 1 is 1.00 bits per heavy atom. The molecule has 2 aromatic carbocycles. The van der Waals surface area contributed by atoms with E-state index in [0.29, 0.717) is 56.3 Å². The molecule has 2 heterocycles. The maximum Gasteiger partial charge on any atom is 0.409 e. The Bertz CT molecular complexity index is 1380. The lowest BCUT2D eigenvalue weighted by Gasteiger charge is -2.35. The van der Waals surface area contributed by atoms with Crippen molar-refractivity contribution >= 4 is 23.6 Å². The minimum Gasteiger partial charge on any atom is -0.489 e. The molecule has 1 saturated heterocycles. The van der Waals surface area contributed by atoms with Crippen molar-refractivity contribution in [3.05, 3.63) is 76.6 Å². The Hall–Kier alpha value is -4.34. The number of benzene rings is 2. The van der Waals surface area contributed by atoms with Crippen molar-refractivity contribution in [2.45, 2.75) is 47.3 Å². The van der Waals surface area contributed by atoms with E-state index >= 15 is 0 Å². The van der Waals surface area contributed by atoms with Crippen molar-refractivity contribution in [3.8, 4) is 5.75 Å². The molecular weight excluding hydrogens is 510 g/mol. The van der Waals surface area contributed by atoms with Crippen LogP contribution in [0.5, 0.6) is 5.75 Å². The maximum absolute atomic E-state index is 13.1. The third-order valence-corrected chi connectivity index (χ3v) is 6.95. The number of aryl methyl sites for hydroxylation is 3. The van der Waals surface area contributed by atoms with Crippen LogP contribution in [0.4, 0.5) is 10.5 Å². The summed E-state index contributed by atoms with van der Waals surface area (Å²) in [6.45, 7) is 11.7. The smallest absolute Gasteiger partial charge is 0.409 e. The topological polar surface area (TPSA) is 106 Å². The first-order valence-corrected chi connectivity index (χ1v) is 13.5. The van der Waals surface area contributed by atoms with Crippen LogP contribution in [0, 0.1) is 20.8 Å². The van der Waals surface area contributed by atoms with Crippen molar-refractivity contribution in [2.75, 3.05) is 38.1 Å². The van der Waals surface area contributed by atoms with Crippen LogP contribution < -0.4 is 10.1 Å². The summed E-state index contributed by atoms with van der Waals surface area (Å²) in [4.78, 5) is 41.5. The molecule has 0 bridgehead atoms. The average molecular weight is 548 g/mol. The van der Waals surface area contributed by atoms with Gasteiger partial charge < -0.3 is 24.6 Å². The molecule has 212 valence electrons. The number of carbonyl (C=O) groups is 3. The minimum atomic E-state index is -0.566. The molecule has 1 atom stereocenters. The molecule has 3 aromatic rings. The molecule has 1 aliphatic rings. The van der Waals surface area contributed by atoms with E-state index in [1.807, 2.05) is 38.1 Å². The number of hydrogen-bond acceptors (Lipinski definition) is 6. The number of piperazine rings is 1. The van der Waals surface area contributed by atoms with Crippen molar-refractivity contribution in [1.29, 1.82) is 0 Å². The van der Waals surface area contributed by atoms with E-state index in [1.54, 1.807) is 53.6 Å². The van der Waals surface area contributed by atoms with Crippen molar-refractivity contribution in [2.24, 2.45) is 0 Å². The molecule has 1 aromatic heterocycles. The van der Waals surface area contributed by atoms with Gasteiger partial charge in [0.15, 0.2) is 0 Å². The number of nitrogens with zero attached hydrogens (tertiary/aromatic N) is 4. The number of ether oxygens (including phenoxy) is 2. The normalized spacial score (nSPS) is 14.0. The number of amides is 3. The summed E-state index contributed by atoms with van der Waals surface area (Å²) in [6, 6.07) is 12.8. The average Bonchev–Trinajstić information content (AvgIpc) is 3.31. The Labute approximate surface area is 234 Å². The monoisotopic (exact) mass is 547 g/mol. The molecular formula is C30H37N5O5. The van der Waals surface area contributed by atoms with Crippen LogP contribution in [-0.4, -0.2) is 70.3 Å². The SMILES string of the molecule is CCOC(=O)N1CCN(C(=O)C(C)n2cc(NC(=O)c3cccc(COc4ccc(C)cc4C)c3)c(C)n2)CC1. The fraction of sp³-hybridized carbons (Fsp3) is 0.400. The van der Waals surface area contributed by atoms with E-state index in [9.17, 15) is 14.4 Å². The molecule has 1 N–H and O–H groups in total. The molecule has 0 spiro atoms. The van der Waals surface area contributed by atoms with Crippen LogP contribution in [0.15, 0.2) is 48.7 Å². The van der Waals surface area contributed by atoms with Gasteiger partial charge in [-0.05, 0) is 63.9 Å². The van der Waals surface area contributed by atoms with Gasteiger partial charge in [-0.2, -0.15) is 5.10 Å². The van der Waals surface area contributed by atoms with Crippen LogP contribution in [-0.2, 0) is 16.1 Å². The third-order valence-electron chi connectivity index (χ3n) is 6.95. The number of anilines is 1. The minimum absolute atomic E-state index is 0.0969. The second kappa shape index (κ2) is 12.7. The number of nitrogens with one attached hydrogen (secondary N) is 1. The van der Waals surface area contributed by atoms with Crippen LogP contribution in [0.1, 0.15) is 52.6 Å². The van der Waals surface area contributed by atoms with Crippen LogP contribution in [0.2, 0.25) is 0 Å². The standard InChI is InChI=1S/C30H37N5O5/c1-6-39-30(38)34-14-12-33(13-15-34)29(37)23(5)35-18-26(22(4)32-35)31-28(36)25-9-7-8-24(17-25)19-40-27-11-10-20(2)16-21(27)3/h7-11,16-18,23H,6,12-15,19H2,1-5H3,(H,31,36). The lowest BCUT2D eigenvalue weighted by atomic mass is 10.1. The first kappa shape index (κ1) is 28.7. The highest BCUT2D eigenvalue weighted by Crippen LogP contribution is 2.22. The fourth-order valence-corrected chi connectivity index (χ4v) is 4.62. The van der Waals surface area contributed by atoms with Crippen molar-refractivity contribution in [3.63, 3.8) is 0 Å².